The minimum Gasteiger partial charge on any atom is -0.336 e. The highest BCUT2D eigenvalue weighted by Crippen LogP contribution is 2.39. The van der Waals surface area contributed by atoms with Crippen molar-refractivity contribution in [3.05, 3.63) is 70.2 Å². The summed E-state index contributed by atoms with van der Waals surface area (Å²) in [6, 6.07) is 12.0. The average Bonchev–Trinajstić information content (AvgIpc) is 3.17. The van der Waals surface area contributed by atoms with Gasteiger partial charge in [-0.25, -0.2) is 0 Å². The fraction of sp³-hybridized carbons (Fsp3) is 0.391. The van der Waals surface area contributed by atoms with E-state index in [4.69, 9.17) is 11.6 Å². The van der Waals surface area contributed by atoms with Gasteiger partial charge in [0.1, 0.15) is 5.37 Å². The molecule has 10 heteroatoms. The van der Waals surface area contributed by atoms with E-state index in [0.29, 0.717) is 61.2 Å². The van der Waals surface area contributed by atoms with Crippen molar-refractivity contribution in [1.82, 2.24) is 14.7 Å². The molecule has 0 bridgehead atoms. The van der Waals surface area contributed by atoms with Gasteiger partial charge >= 0.3 is 6.18 Å². The highest BCUT2D eigenvalue weighted by molar-refractivity contribution is 8.00. The summed E-state index contributed by atoms with van der Waals surface area (Å²) in [6.07, 6.45) is -4.38. The number of benzene rings is 2. The fourth-order valence-electron chi connectivity index (χ4n) is 4.04. The lowest BCUT2D eigenvalue weighted by Gasteiger charge is -2.36. The lowest BCUT2D eigenvalue weighted by Crippen LogP contribution is -2.50. The van der Waals surface area contributed by atoms with Crippen molar-refractivity contribution in [2.24, 2.45) is 0 Å². The Morgan fingerprint density at radius 1 is 1.00 bits per heavy atom. The Hall–Kier alpha value is -2.23. The van der Waals surface area contributed by atoms with Gasteiger partial charge in [-0.1, -0.05) is 35.9 Å². The first-order valence-corrected chi connectivity index (χ1v) is 12.0. The molecule has 0 radical (unpaired) electrons. The van der Waals surface area contributed by atoms with Crippen LogP contribution in [0.15, 0.2) is 48.5 Å². The zero-order valence-electron chi connectivity index (χ0n) is 17.7. The van der Waals surface area contributed by atoms with Gasteiger partial charge in [0.25, 0.3) is 5.91 Å². The predicted octanol–water partition coefficient (Wildman–Crippen LogP) is 4.39. The van der Waals surface area contributed by atoms with E-state index in [1.54, 1.807) is 34.1 Å². The molecular weight excluding hydrogens is 475 g/mol. The molecule has 0 aliphatic carbocycles. The van der Waals surface area contributed by atoms with Gasteiger partial charge in [0.15, 0.2) is 0 Å². The number of thioether (sulfide) groups is 1. The van der Waals surface area contributed by atoms with Crippen LogP contribution in [0, 0.1) is 0 Å². The Morgan fingerprint density at radius 2 is 1.67 bits per heavy atom. The first kappa shape index (κ1) is 23.9. The van der Waals surface area contributed by atoms with E-state index >= 15 is 0 Å². The maximum Gasteiger partial charge on any atom is 0.416 e. The standard InChI is InChI=1S/C23H23ClF3N3O2S/c24-19-4-2-1-3-18(19)21(32)29-12-9-28(10-13-29)11-14-30-20(31)15-33-22(30)16-5-7-17(8-6-16)23(25,26)27/h1-8,22H,9-15H2. The molecule has 1 unspecified atom stereocenters. The number of carbonyl (C=O) groups is 2. The molecule has 2 aliphatic rings. The minimum atomic E-state index is -4.38. The summed E-state index contributed by atoms with van der Waals surface area (Å²) in [5.74, 6) is 0.206. The summed E-state index contributed by atoms with van der Waals surface area (Å²) >= 11 is 7.57. The van der Waals surface area contributed by atoms with Crippen molar-refractivity contribution >= 4 is 35.2 Å². The molecule has 2 heterocycles. The highest BCUT2D eigenvalue weighted by atomic mass is 35.5. The van der Waals surface area contributed by atoms with Gasteiger partial charge in [-0.3, -0.25) is 14.5 Å². The number of hydrogen-bond donors (Lipinski definition) is 0. The number of hydrogen-bond acceptors (Lipinski definition) is 4. The maximum atomic E-state index is 12.8. The van der Waals surface area contributed by atoms with Gasteiger partial charge in [-0.05, 0) is 29.8 Å². The summed E-state index contributed by atoms with van der Waals surface area (Å²) in [5.41, 5.74) is 0.483. The highest BCUT2D eigenvalue weighted by Gasteiger charge is 2.35. The van der Waals surface area contributed by atoms with Crippen molar-refractivity contribution in [3.8, 4) is 0 Å². The predicted molar refractivity (Wildman–Crippen MR) is 122 cm³/mol. The summed E-state index contributed by atoms with van der Waals surface area (Å²) in [7, 11) is 0. The van der Waals surface area contributed by atoms with E-state index in [1.807, 2.05) is 0 Å². The number of piperazine rings is 1. The summed E-state index contributed by atoms with van der Waals surface area (Å²) in [6.45, 7) is 3.60. The third-order valence-corrected chi connectivity index (χ3v) is 7.50. The fourth-order valence-corrected chi connectivity index (χ4v) is 5.47. The Bertz CT molecular complexity index is 1010. The average molecular weight is 498 g/mol. The second-order valence-electron chi connectivity index (χ2n) is 7.98. The van der Waals surface area contributed by atoms with E-state index < -0.39 is 11.7 Å². The van der Waals surface area contributed by atoms with Gasteiger partial charge in [0, 0.05) is 39.3 Å². The van der Waals surface area contributed by atoms with Crippen LogP contribution in [0.25, 0.3) is 0 Å². The Balaban J connectivity index is 1.32. The van der Waals surface area contributed by atoms with Crippen molar-refractivity contribution < 1.29 is 22.8 Å². The van der Waals surface area contributed by atoms with Crippen LogP contribution in [0.4, 0.5) is 13.2 Å². The Kier molecular flexibility index (Phi) is 7.21. The van der Waals surface area contributed by atoms with Crippen molar-refractivity contribution in [2.45, 2.75) is 11.6 Å². The largest absolute Gasteiger partial charge is 0.416 e. The number of alkyl halides is 3. The molecule has 1 atom stereocenters. The Morgan fingerprint density at radius 3 is 2.30 bits per heavy atom. The van der Waals surface area contributed by atoms with Crippen molar-refractivity contribution in [3.63, 3.8) is 0 Å². The van der Waals surface area contributed by atoms with E-state index in [0.717, 1.165) is 12.1 Å². The summed E-state index contributed by atoms with van der Waals surface area (Å²) in [5, 5.41) is 0.146. The van der Waals surface area contributed by atoms with Gasteiger partial charge < -0.3 is 9.80 Å². The molecule has 5 nitrogen and oxygen atoms in total. The smallest absolute Gasteiger partial charge is 0.336 e. The number of rotatable bonds is 5. The van der Waals surface area contributed by atoms with Gasteiger partial charge in [0.2, 0.25) is 5.91 Å². The molecule has 33 heavy (non-hydrogen) atoms. The zero-order chi connectivity index (χ0) is 23.6. The molecule has 2 amide bonds. The number of carbonyl (C=O) groups excluding carboxylic acids is 2. The molecule has 0 spiro atoms. The lowest BCUT2D eigenvalue weighted by molar-refractivity contribution is -0.137. The summed E-state index contributed by atoms with van der Waals surface area (Å²) in [4.78, 5) is 30.8. The van der Waals surface area contributed by atoms with Crippen LogP contribution >= 0.6 is 23.4 Å². The van der Waals surface area contributed by atoms with Crippen molar-refractivity contribution in [1.29, 1.82) is 0 Å². The second-order valence-corrected chi connectivity index (χ2v) is 9.46. The van der Waals surface area contributed by atoms with E-state index in [9.17, 15) is 22.8 Å². The molecular formula is C23H23ClF3N3O2S. The monoisotopic (exact) mass is 497 g/mol. The minimum absolute atomic E-state index is 0.0163. The first-order chi connectivity index (χ1) is 15.7. The SMILES string of the molecule is O=C(c1ccccc1Cl)N1CCN(CCN2C(=O)CSC2c2ccc(C(F)(F)F)cc2)CC1. The molecule has 2 aliphatic heterocycles. The number of amides is 2. The van der Waals surface area contributed by atoms with Crippen molar-refractivity contribution in [2.75, 3.05) is 45.0 Å². The number of nitrogens with zero attached hydrogens (tertiary/aromatic N) is 3. The van der Waals surface area contributed by atoms with Crippen LogP contribution in [0.1, 0.15) is 26.9 Å². The van der Waals surface area contributed by atoms with Gasteiger partial charge in [-0.15, -0.1) is 11.8 Å². The van der Waals surface area contributed by atoms with Crippen LogP contribution in [0.2, 0.25) is 5.02 Å². The molecule has 0 saturated carbocycles. The van der Waals surface area contributed by atoms with Gasteiger partial charge in [-0.2, -0.15) is 13.2 Å². The zero-order valence-corrected chi connectivity index (χ0v) is 19.3. The van der Waals surface area contributed by atoms with E-state index in [1.165, 1.54) is 23.9 Å². The molecule has 2 fully saturated rings. The topological polar surface area (TPSA) is 43.9 Å². The molecule has 2 aromatic rings. The van der Waals surface area contributed by atoms with Crippen LogP contribution in [-0.4, -0.2) is 71.5 Å². The Labute approximate surface area is 199 Å². The molecule has 176 valence electrons. The van der Waals surface area contributed by atoms with E-state index in [-0.39, 0.29) is 17.2 Å². The van der Waals surface area contributed by atoms with E-state index in [2.05, 4.69) is 4.90 Å². The maximum absolute atomic E-state index is 12.8. The second kappa shape index (κ2) is 9.95. The third-order valence-electron chi connectivity index (χ3n) is 5.91. The molecule has 0 aromatic heterocycles. The molecule has 4 rings (SSSR count). The van der Waals surface area contributed by atoms with Crippen LogP contribution in [-0.2, 0) is 11.0 Å². The molecule has 2 aromatic carbocycles. The molecule has 0 N–H and O–H groups in total. The van der Waals surface area contributed by atoms with Crippen LogP contribution in [0.3, 0.4) is 0 Å². The normalized spacial score (nSPS) is 19.9. The molecule has 2 saturated heterocycles. The quantitative estimate of drug-likeness (QED) is 0.614. The summed E-state index contributed by atoms with van der Waals surface area (Å²) < 4.78 is 38.5. The van der Waals surface area contributed by atoms with Crippen LogP contribution < -0.4 is 0 Å². The third kappa shape index (κ3) is 5.47. The van der Waals surface area contributed by atoms with Crippen LogP contribution in [0.5, 0.6) is 0 Å². The number of halogens is 4. The first-order valence-electron chi connectivity index (χ1n) is 10.6. The lowest BCUT2D eigenvalue weighted by atomic mass is 10.1. The van der Waals surface area contributed by atoms with Gasteiger partial charge in [0.05, 0.1) is 21.9 Å².